The average molecular weight is 310 g/mol. The lowest BCUT2D eigenvalue weighted by atomic mass is 10.2. The molecule has 3 rings (SSSR count). The number of fused-ring (bicyclic) bond motifs is 1. The van der Waals surface area contributed by atoms with Crippen molar-refractivity contribution in [2.75, 3.05) is 5.75 Å². The van der Waals surface area contributed by atoms with Gasteiger partial charge in [0.1, 0.15) is 0 Å². The molecule has 0 radical (unpaired) electrons. The van der Waals surface area contributed by atoms with Gasteiger partial charge in [-0.05, 0) is 17.7 Å². The highest BCUT2D eigenvalue weighted by atomic mass is 32.2. The fraction of sp³-hybridized carbons (Fsp3) is 0.0625. The molecular weight excluding hydrogens is 296 g/mol. The number of carbonyl (C=O) groups excluding carboxylic acids is 1. The largest absolute Gasteiger partial charge is 0.333 e. The van der Waals surface area contributed by atoms with Crippen LogP contribution in [0.3, 0.4) is 0 Å². The molecule has 0 aliphatic heterocycles. The van der Waals surface area contributed by atoms with Crippen LogP contribution < -0.4 is 5.43 Å². The molecule has 0 saturated heterocycles. The second-order valence-electron chi connectivity index (χ2n) is 4.55. The van der Waals surface area contributed by atoms with Crippen LogP contribution in [-0.4, -0.2) is 27.8 Å². The normalized spacial score (nSPS) is 11.1. The number of hydrogen-bond acceptors (Lipinski definition) is 4. The van der Waals surface area contributed by atoms with E-state index in [2.05, 4.69) is 20.5 Å². The van der Waals surface area contributed by atoms with Crippen LogP contribution in [0.2, 0.25) is 0 Å². The topological polar surface area (TPSA) is 70.1 Å². The summed E-state index contributed by atoms with van der Waals surface area (Å²) >= 11 is 1.35. The molecular formula is C16H14N4OS. The van der Waals surface area contributed by atoms with Crippen LogP contribution in [-0.2, 0) is 4.79 Å². The Morgan fingerprint density at radius 3 is 2.77 bits per heavy atom. The molecule has 5 nitrogen and oxygen atoms in total. The molecule has 6 heteroatoms. The lowest BCUT2D eigenvalue weighted by Gasteiger charge is -1.97. The highest BCUT2D eigenvalue weighted by Crippen LogP contribution is 2.18. The Labute approximate surface area is 131 Å². The number of nitrogens with zero attached hydrogens (tertiary/aromatic N) is 2. The Morgan fingerprint density at radius 1 is 1.18 bits per heavy atom. The number of imidazole rings is 1. The third-order valence-electron chi connectivity index (χ3n) is 2.91. The first-order chi connectivity index (χ1) is 10.8. The summed E-state index contributed by atoms with van der Waals surface area (Å²) in [5, 5.41) is 4.65. The van der Waals surface area contributed by atoms with Gasteiger partial charge in [-0.15, -0.1) is 0 Å². The smallest absolute Gasteiger partial charge is 0.250 e. The number of aromatic nitrogens is 2. The third kappa shape index (κ3) is 3.73. The second-order valence-corrected chi connectivity index (χ2v) is 5.52. The summed E-state index contributed by atoms with van der Waals surface area (Å²) in [4.78, 5) is 19.3. The first-order valence-corrected chi connectivity index (χ1v) is 7.74. The summed E-state index contributed by atoms with van der Waals surface area (Å²) in [6.07, 6.45) is 1.61. The number of rotatable bonds is 5. The van der Waals surface area contributed by atoms with Crippen LogP contribution >= 0.6 is 11.8 Å². The van der Waals surface area contributed by atoms with E-state index in [0.717, 1.165) is 21.8 Å². The summed E-state index contributed by atoms with van der Waals surface area (Å²) in [5.74, 6) is 0.0870. The maximum atomic E-state index is 11.7. The first kappa shape index (κ1) is 14.3. The summed E-state index contributed by atoms with van der Waals surface area (Å²) in [6.45, 7) is 0. The van der Waals surface area contributed by atoms with E-state index in [0.29, 0.717) is 0 Å². The highest BCUT2D eigenvalue weighted by molar-refractivity contribution is 7.99. The minimum Gasteiger partial charge on any atom is -0.333 e. The Kier molecular flexibility index (Phi) is 4.50. The van der Waals surface area contributed by atoms with Crippen LogP contribution in [0, 0.1) is 0 Å². The summed E-state index contributed by atoms with van der Waals surface area (Å²) in [5.41, 5.74) is 5.30. The van der Waals surface area contributed by atoms with Crippen molar-refractivity contribution < 1.29 is 4.79 Å². The second kappa shape index (κ2) is 6.91. The summed E-state index contributed by atoms with van der Waals surface area (Å²) < 4.78 is 0. The fourth-order valence-corrected chi connectivity index (χ4v) is 2.56. The van der Waals surface area contributed by atoms with Gasteiger partial charge in [0, 0.05) is 0 Å². The van der Waals surface area contributed by atoms with Crippen LogP contribution in [0.1, 0.15) is 5.56 Å². The van der Waals surface area contributed by atoms with E-state index in [1.165, 1.54) is 11.8 Å². The van der Waals surface area contributed by atoms with E-state index >= 15 is 0 Å². The Balaban J connectivity index is 1.51. The fourth-order valence-electron chi connectivity index (χ4n) is 1.88. The Morgan fingerprint density at radius 2 is 1.95 bits per heavy atom. The van der Waals surface area contributed by atoms with E-state index in [-0.39, 0.29) is 11.7 Å². The van der Waals surface area contributed by atoms with Crippen molar-refractivity contribution >= 4 is 34.9 Å². The van der Waals surface area contributed by atoms with Crippen molar-refractivity contribution in [3.05, 3.63) is 60.2 Å². The molecule has 22 heavy (non-hydrogen) atoms. The van der Waals surface area contributed by atoms with Crippen LogP contribution in [0.25, 0.3) is 11.0 Å². The average Bonchev–Trinajstić information content (AvgIpc) is 2.97. The molecule has 3 aromatic rings. The van der Waals surface area contributed by atoms with Crippen LogP contribution in [0.5, 0.6) is 0 Å². The van der Waals surface area contributed by atoms with E-state index < -0.39 is 0 Å². The minimum absolute atomic E-state index is 0.169. The number of carbonyl (C=O) groups is 1. The number of hydrazone groups is 1. The predicted molar refractivity (Wildman–Crippen MR) is 89.0 cm³/mol. The molecule has 2 aromatic carbocycles. The van der Waals surface area contributed by atoms with Crippen molar-refractivity contribution in [3.8, 4) is 0 Å². The predicted octanol–water partition coefficient (Wildman–Crippen LogP) is 2.81. The molecule has 0 unspecified atom stereocenters. The summed E-state index contributed by atoms with van der Waals surface area (Å²) in [6, 6.07) is 17.4. The lowest BCUT2D eigenvalue weighted by molar-refractivity contribution is -0.118. The number of para-hydroxylation sites is 2. The molecule has 1 amide bonds. The van der Waals surface area contributed by atoms with Gasteiger partial charge in [0.15, 0.2) is 5.16 Å². The zero-order valence-corrected chi connectivity index (χ0v) is 12.5. The van der Waals surface area contributed by atoms with Crippen molar-refractivity contribution in [2.24, 2.45) is 5.10 Å². The Hall–Kier alpha value is -2.60. The van der Waals surface area contributed by atoms with Gasteiger partial charge in [0.2, 0.25) is 0 Å². The first-order valence-electron chi connectivity index (χ1n) is 6.76. The molecule has 0 saturated carbocycles. The number of aromatic amines is 1. The number of amides is 1. The molecule has 0 bridgehead atoms. The van der Waals surface area contributed by atoms with E-state index in [1.54, 1.807) is 6.21 Å². The third-order valence-corrected chi connectivity index (χ3v) is 3.78. The van der Waals surface area contributed by atoms with Gasteiger partial charge < -0.3 is 4.98 Å². The zero-order valence-electron chi connectivity index (χ0n) is 11.7. The Bertz CT molecular complexity index is 765. The zero-order chi connectivity index (χ0) is 15.2. The molecule has 0 spiro atoms. The van der Waals surface area contributed by atoms with Crippen molar-refractivity contribution in [1.29, 1.82) is 0 Å². The molecule has 0 aliphatic carbocycles. The maximum absolute atomic E-state index is 11.7. The van der Waals surface area contributed by atoms with Gasteiger partial charge in [-0.1, -0.05) is 54.2 Å². The number of hydrogen-bond donors (Lipinski definition) is 2. The monoisotopic (exact) mass is 310 g/mol. The SMILES string of the molecule is O=C(CSc1nc2ccccc2[nH]1)NN=Cc1ccccc1. The molecule has 0 aliphatic rings. The molecule has 1 heterocycles. The van der Waals surface area contributed by atoms with E-state index in [1.807, 2.05) is 54.6 Å². The quantitative estimate of drug-likeness (QED) is 0.432. The van der Waals surface area contributed by atoms with Gasteiger partial charge >= 0.3 is 0 Å². The van der Waals surface area contributed by atoms with Crippen LogP contribution in [0.15, 0.2) is 64.9 Å². The number of benzene rings is 2. The standard InChI is InChI=1S/C16H14N4OS/c21-15(20-17-10-12-6-2-1-3-7-12)11-22-16-18-13-8-4-5-9-14(13)19-16/h1-10H,11H2,(H,18,19)(H,20,21). The van der Waals surface area contributed by atoms with Gasteiger partial charge in [-0.2, -0.15) is 5.10 Å². The number of H-pyrrole nitrogens is 1. The lowest BCUT2D eigenvalue weighted by Crippen LogP contribution is -2.19. The number of thioether (sulfide) groups is 1. The van der Waals surface area contributed by atoms with E-state index in [4.69, 9.17) is 0 Å². The highest BCUT2D eigenvalue weighted by Gasteiger charge is 2.05. The number of nitrogens with one attached hydrogen (secondary N) is 2. The van der Waals surface area contributed by atoms with Crippen LogP contribution in [0.4, 0.5) is 0 Å². The van der Waals surface area contributed by atoms with Crippen molar-refractivity contribution in [2.45, 2.75) is 5.16 Å². The molecule has 0 fully saturated rings. The maximum Gasteiger partial charge on any atom is 0.250 e. The van der Waals surface area contributed by atoms with Crippen molar-refractivity contribution in [3.63, 3.8) is 0 Å². The van der Waals surface area contributed by atoms with Gasteiger partial charge in [-0.25, -0.2) is 10.4 Å². The van der Waals surface area contributed by atoms with Gasteiger partial charge in [0.25, 0.3) is 5.91 Å². The van der Waals surface area contributed by atoms with Crippen molar-refractivity contribution in [1.82, 2.24) is 15.4 Å². The molecule has 110 valence electrons. The molecule has 1 aromatic heterocycles. The van der Waals surface area contributed by atoms with E-state index in [9.17, 15) is 4.79 Å². The minimum atomic E-state index is -0.169. The van der Waals surface area contributed by atoms with Gasteiger partial charge in [0.05, 0.1) is 23.0 Å². The molecule has 2 N–H and O–H groups in total. The van der Waals surface area contributed by atoms with Gasteiger partial charge in [-0.3, -0.25) is 4.79 Å². The molecule has 0 atom stereocenters. The summed E-state index contributed by atoms with van der Waals surface area (Å²) in [7, 11) is 0.